The SMILES string of the molecule is CCS(=O)(=O)c1ccc(Cc2cc(Cl)ccc2OC(C)(C)C(=O)O)c(Cl)c1. The minimum atomic E-state index is -3.35. The van der Waals surface area contributed by atoms with Gasteiger partial charge in [-0.2, -0.15) is 0 Å². The summed E-state index contributed by atoms with van der Waals surface area (Å²) in [5.74, 6) is -0.747. The molecule has 2 aromatic carbocycles. The molecule has 0 aromatic heterocycles. The number of sulfone groups is 1. The summed E-state index contributed by atoms with van der Waals surface area (Å²) in [6.45, 7) is 4.47. The van der Waals surface area contributed by atoms with Crippen molar-refractivity contribution in [2.24, 2.45) is 0 Å². The van der Waals surface area contributed by atoms with E-state index in [9.17, 15) is 18.3 Å². The summed E-state index contributed by atoms with van der Waals surface area (Å²) in [7, 11) is -3.35. The van der Waals surface area contributed by atoms with Crippen LogP contribution in [0.5, 0.6) is 5.75 Å². The van der Waals surface area contributed by atoms with Gasteiger partial charge in [-0.1, -0.05) is 36.2 Å². The van der Waals surface area contributed by atoms with Crippen molar-refractivity contribution in [1.82, 2.24) is 0 Å². The normalized spacial score (nSPS) is 12.0. The van der Waals surface area contributed by atoms with E-state index in [1.165, 1.54) is 26.0 Å². The summed E-state index contributed by atoms with van der Waals surface area (Å²) in [5.41, 5.74) is -0.109. The van der Waals surface area contributed by atoms with Crippen molar-refractivity contribution in [3.05, 3.63) is 57.6 Å². The number of hydrogen-bond donors (Lipinski definition) is 1. The average Bonchev–Trinajstić information content (AvgIpc) is 2.58. The van der Waals surface area contributed by atoms with Crippen LogP contribution in [0.1, 0.15) is 31.9 Å². The second-order valence-electron chi connectivity index (χ2n) is 6.50. The Balaban J connectivity index is 2.40. The Morgan fingerprint density at radius 1 is 1.11 bits per heavy atom. The number of carboxylic acids is 1. The Hall–Kier alpha value is -1.76. The molecule has 0 spiro atoms. The molecule has 0 radical (unpaired) electrons. The standard InChI is InChI=1S/C19H20Cl2O5S/c1-4-27(24,25)15-7-5-12(16(21)11-15)9-13-10-14(20)6-8-17(13)26-19(2,3)18(22)23/h5-8,10-11H,4,9H2,1-3H3,(H,22,23). The highest BCUT2D eigenvalue weighted by atomic mass is 35.5. The molecule has 27 heavy (non-hydrogen) atoms. The third-order valence-electron chi connectivity index (χ3n) is 4.05. The lowest BCUT2D eigenvalue weighted by atomic mass is 10.0. The van der Waals surface area contributed by atoms with Crippen LogP contribution in [0.3, 0.4) is 0 Å². The molecule has 0 atom stereocenters. The van der Waals surface area contributed by atoms with E-state index < -0.39 is 21.4 Å². The molecule has 0 saturated carbocycles. The van der Waals surface area contributed by atoms with Crippen molar-refractivity contribution >= 4 is 39.0 Å². The Morgan fingerprint density at radius 3 is 2.33 bits per heavy atom. The molecule has 0 aliphatic carbocycles. The van der Waals surface area contributed by atoms with Gasteiger partial charge in [0, 0.05) is 22.0 Å². The maximum atomic E-state index is 12.0. The number of halogens is 2. The lowest BCUT2D eigenvalue weighted by Gasteiger charge is -2.23. The van der Waals surface area contributed by atoms with E-state index in [0.717, 1.165) is 0 Å². The molecule has 0 bridgehead atoms. The van der Waals surface area contributed by atoms with Crippen LogP contribution in [0, 0.1) is 0 Å². The molecule has 5 nitrogen and oxygen atoms in total. The first-order valence-electron chi connectivity index (χ1n) is 8.18. The molecule has 2 rings (SSSR count). The van der Waals surface area contributed by atoms with Crippen LogP contribution in [0.4, 0.5) is 0 Å². The zero-order valence-corrected chi connectivity index (χ0v) is 17.5. The molecule has 2 aromatic rings. The molecular formula is C19H20Cl2O5S. The monoisotopic (exact) mass is 430 g/mol. The third kappa shape index (κ3) is 5.15. The lowest BCUT2D eigenvalue weighted by Crippen LogP contribution is -2.38. The largest absolute Gasteiger partial charge is 0.478 e. The van der Waals surface area contributed by atoms with Gasteiger partial charge in [0.15, 0.2) is 15.4 Å². The summed E-state index contributed by atoms with van der Waals surface area (Å²) in [4.78, 5) is 11.5. The second kappa shape index (κ2) is 8.09. The number of hydrogen-bond acceptors (Lipinski definition) is 4. The molecule has 0 heterocycles. The van der Waals surface area contributed by atoms with Crippen molar-refractivity contribution in [3.63, 3.8) is 0 Å². The summed E-state index contributed by atoms with van der Waals surface area (Å²) in [5, 5.41) is 10.0. The van der Waals surface area contributed by atoms with Crippen molar-refractivity contribution in [3.8, 4) is 5.75 Å². The van der Waals surface area contributed by atoms with Gasteiger partial charge in [-0.05, 0) is 49.7 Å². The van der Waals surface area contributed by atoms with E-state index in [1.807, 2.05) is 0 Å². The Morgan fingerprint density at radius 2 is 1.78 bits per heavy atom. The van der Waals surface area contributed by atoms with Gasteiger partial charge in [-0.15, -0.1) is 0 Å². The summed E-state index contributed by atoms with van der Waals surface area (Å²) < 4.78 is 29.6. The third-order valence-corrected chi connectivity index (χ3v) is 6.37. The van der Waals surface area contributed by atoms with Crippen molar-refractivity contribution in [2.45, 2.75) is 37.7 Å². The molecule has 0 unspecified atom stereocenters. The Labute approximate surface area is 168 Å². The molecule has 0 aliphatic rings. The molecule has 8 heteroatoms. The molecule has 1 N–H and O–H groups in total. The zero-order chi connectivity index (χ0) is 20.4. The summed E-state index contributed by atoms with van der Waals surface area (Å²) in [6, 6.07) is 9.44. The zero-order valence-electron chi connectivity index (χ0n) is 15.1. The van der Waals surface area contributed by atoms with E-state index >= 15 is 0 Å². The highest BCUT2D eigenvalue weighted by Crippen LogP contribution is 2.31. The molecule has 0 saturated heterocycles. The molecule has 0 amide bonds. The number of benzene rings is 2. The van der Waals surface area contributed by atoms with E-state index in [-0.39, 0.29) is 10.6 Å². The van der Waals surface area contributed by atoms with Gasteiger partial charge in [0.25, 0.3) is 0 Å². The maximum absolute atomic E-state index is 12.0. The number of carbonyl (C=O) groups is 1. The van der Waals surface area contributed by atoms with Crippen molar-refractivity contribution < 1.29 is 23.1 Å². The van der Waals surface area contributed by atoms with Crippen LogP contribution in [-0.4, -0.2) is 30.8 Å². The van der Waals surface area contributed by atoms with Crippen molar-refractivity contribution in [1.29, 1.82) is 0 Å². The lowest BCUT2D eigenvalue weighted by molar-refractivity contribution is -0.152. The van der Waals surface area contributed by atoms with Crippen LogP contribution < -0.4 is 4.74 Å². The van der Waals surface area contributed by atoms with E-state index in [1.54, 1.807) is 31.2 Å². The summed E-state index contributed by atoms with van der Waals surface area (Å²) >= 11 is 12.4. The van der Waals surface area contributed by atoms with Crippen molar-refractivity contribution in [2.75, 3.05) is 5.75 Å². The number of aliphatic carboxylic acids is 1. The van der Waals surface area contributed by atoms with Crippen LogP contribution in [0.25, 0.3) is 0 Å². The quantitative estimate of drug-likeness (QED) is 0.692. The number of carboxylic acid groups (broad SMARTS) is 1. The van der Waals surface area contributed by atoms with E-state index in [4.69, 9.17) is 27.9 Å². The van der Waals surface area contributed by atoms with Crippen LogP contribution in [0.2, 0.25) is 10.0 Å². The van der Waals surface area contributed by atoms with E-state index in [2.05, 4.69) is 0 Å². The first kappa shape index (κ1) is 21.5. The van der Waals surface area contributed by atoms with Gasteiger partial charge in [0.05, 0.1) is 10.6 Å². The fourth-order valence-corrected chi connectivity index (χ4v) is 3.75. The number of rotatable bonds is 7. The minimum absolute atomic E-state index is 0.0147. The second-order valence-corrected chi connectivity index (χ2v) is 9.62. The Kier molecular flexibility index (Phi) is 6.45. The van der Waals surface area contributed by atoms with Crippen LogP contribution >= 0.6 is 23.2 Å². The maximum Gasteiger partial charge on any atom is 0.347 e. The average molecular weight is 431 g/mol. The highest BCUT2D eigenvalue weighted by Gasteiger charge is 2.30. The topological polar surface area (TPSA) is 80.7 Å². The molecule has 0 fully saturated rings. The number of ether oxygens (including phenoxy) is 1. The highest BCUT2D eigenvalue weighted by molar-refractivity contribution is 7.91. The smallest absolute Gasteiger partial charge is 0.347 e. The minimum Gasteiger partial charge on any atom is -0.478 e. The van der Waals surface area contributed by atoms with Gasteiger partial charge in [-0.25, -0.2) is 13.2 Å². The van der Waals surface area contributed by atoms with Gasteiger partial charge in [-0.3, -0.25) is 0 Å². The Bertz CT molecular complexity index is 968. The first-order chi connectivity index (χ1) is 12.5. The van der Waals surface area contributed by atoms with Gasteiger partial charge < -0.3 is 9.84 Å². The first-order valence-corrected chi connectivity index (χ1v) is 10.6. The predicted molar refractivity (Wildman–Crippen MR) is 106 cm³/mol. The van der Waals surface area contributed by atoms with Crippen LogP contribution in [-0.2, 0) is 21.1 Å². The molecule has 0 aliphatic heterocycles. The van der Waals surface area contributed by atoms with Gasteiger partial charge >= 0.3 is 5.97 Å². The molecule has 146 valence electrons. The van der Waals surface area contributed by atoms with Gasteiger partial charge in [0.2, 0.25) is 0 Å². The molecular weight excluding hydrogens is 411 g/mol. The predicted octanol–water partition coefficient (Wildman–Crippen LogP) is 4.62. The van der Waals surface area contributed by atoms with E-state index in [0.29, 0.717) is 33.3 Å². The summed E-state index contributed by atoms with van der Waals surface area (Å²) in [6.07, 6.45) is 0.302. The van der Waals surface area contributed by atoms with Gasteiger partial charge in [0.1, 0.15) is 5.75 Å². The fourth-order valence-electron chi connectivity index (χ4n) is 2.34. The van der Waals surface area contributed by atoms with Crippen LogP contribution in [0.15, 0.2) is 41.3 Å². The fraction of sp³-hybridized carbons (Fsp3) is 0.316.